The van der Waals surface area contributed by atoms with Gasteiger partial charge in [0.25, 0.3) is 0 Å². The predicted octanol–water partition coefficient (Wildman–Crippen LogP) is 4.53. The van der Waals surface area contributed by atoms with Gasteiger partial charge >= 0.3 is 17.9 Å². The van der Waals surface area contributed by atoms with Gasteiger partial charge in [-0.05, 0) is 12.8 Å². The Balaban J connectivity index is 4.48. The van der Waals surface area contributed by atoms with Crippen molar-refractivity contribution in [3.05, 3.63) is 25.3 Å². The minimum atomic E-state index is -0.798. The van der Waals surface area contributed by atoms with Crippen molar-refractivity contribution in [3.63, 3.8) is 0 Å². The Morgan fingerprint density at radius 3 is 1.68 bits per heavy atom. The van der Waals surface area contributed by atoms with Crippen molar-refractivity contribution < 1.29 is 28.6 Å². The molecule has 0 aliphatic heterocycles. The molecule has 6 nitrogen and oxygen atoms in total. The van der Waals surface area contributed by atoms with Crippen LogP contribution in [0.2, 0.25) is 0 Å². The van der Waals surface area contributed by atoms with E-state index in [1.807, 2.05) is 6.92 Å². The third-order valence-electron chi connectivity index (χ3n) is 4.65. The van der Waals surface area contributed by atoms with E-state index in [1.165, 1.54) is 25.7 Å². The van der Waals surface area contributed by atoms with Crippen LogP contribution < -0.4 is 0 Å². The highest BCUT2D eigenvalue weighted by molar-refractivity contribution is 5.81. The van der Waals surface area contributed by atoms with Crippen molar-refractivity contribution in [1.82, 2.24) is 0 Å². The highest BCUT2D eigenvalue weighted by Crippen LogP contribution is 2.25. The molecule has 0 aromatic rings. The quantitative estimate of drug-likeness (QED) is 0.156. The molecule has 0 radical (unpaired) electrons. The fraction of sp³-hybridized carbons (Fsp3) is 0.682. The van der Waals surface area contributed by atoms with E-state index >= 15 is 0 Å². The van der Waals surface area contributed by atoms with Gasteiger partial charge in [-0.1, -0.05) is 65.5 Å². The first kappa shape index (κ1) is 25.9. The van der Waals surface area contributed by atoms with Crippen molar-refractivity contribution in [2.45, 2.75) is 71.6 Å². The van der Waals surface area contributed by atoms with E-state index in [0.29, 0.717) is 12.8 Å². The number of hydrogen-bond donors (Lipinski definition) is 0. The van der Waals surface area contributed by atoms with Crippen LogP contribution in [-0.2, 0) is 28.6 Å². The number of ether oxygens (including phenoxy) is 3. The fourth-order valence-corrected chi connectivity index (χ4v) is 2.53. The van der Waals surface area contributed by atoms with E-state index in [1.54, 1.807) is 0 Å². The minimum Gasteiger partial charge on any atom is -0.465 e. The van der Waals surface area contributed by atoms with Gasteiger partial charge in [0.05, 0.1) is 5.41 Å². The van der Waals surface area contributed by atoms with Crippen LogP contribution in [0, 0.1) is 5.41 Å². The van der Waals surface area contributed by atoms with E-state index in [2.05, 4.69) is 20.1 Å². The van der Waals surface area contributed by atoms with Gasteiger partial charge in [-0.3, -0.25) is 4.79 Å². The maximum Gasteiger partial charge on any atom is 0.330 e. The average Bonchev–Trinajstić information content (AvgIpc) is 2.72. The van der Waals surface area contributed by atoms with Crippen LogP contribution in [-0.4, -0.2) is 37.7 Å². The Hall–Kier alpha value is -2.11. The molecule has 0 amide bonds. The third kappa shape index (κ3) is 12.3. The van der Waals surface area contributed by atoms with E-state index in [9.17, 15) is 14.4 Å². The lowest BCUT2D eigenvalue weighted by Gasteiger charge is -2.30. The highest BCUT2D eigenvalue weighted by atomic mass is 16.6. The van der Waals surface area contributed by atoms with Crippen molar-refractivity contribution in [2.24, 2.45) is 5.41 Å². The third-order valence-corrected chi connectivity index (χ3v) is 4.65. The average molecular weight is 397 g/mol. The molecule has 0 spiro atoms. The van der Waals surface area contributed by atoms with Gasteiger partial charge in [-0.25, -0.2) is 9.59 Å². The first-order valence-electron chi connectivity index (χ1n) is 10.2. The van der Waals surface area contributed by atoms with Gasteiger partial charge in [0, 0.05) is 18.6 Å². The highest BCUT2D eigenvalue weighted by Gasteiger charge is 2.33. The first-order chi connectivity index (χ1) is 13.4. The summed E-state index contributed by atoms with van der Waals surface area (Å²) in [4.78, 5) is 34.9. The van der Waals surface area contributed by atoms with E-state index in [0.717, 1.165) is 31.4 Å². The number of esters is 3. The van der Waals surface area contributed by atoms with Crippen LogP contribution in [0.3, 0.4) is 0 Å². The number of rotatable bonds is 17. The van der Waals surface area contributed by atoms with E-state index in [-0.39, 0.29) is 25.8 Å². The van der Waals surface area contributed by atoms with Crippen LogP contribution >= 0.6 is 0 Å². The summed E-state index contributed by atoms with van der Waals surface area (Å²) in [6, 6.07) is 0. The lowest BCUT2D eigenvalue weighted by Crippen LogP contribution is -2.38. The fourth-order valence-electron chi connectivity index (χ4n) is 2.53. The molecule has 0 rings (SSSR count). The number of carbonyl (C=O) groups excluding carboxylic acids is 3. The van der Waals surface area contributed by atoms with Crippen LogP contribution in [0.5, 0.6) is 0 Å². The predicted molar refractivity (Wildman–Crippen MR) is 109 cm³/mol. The standard InChI is InChI=1S/C22H36O6/c1-5-9-10-11-12-13-14-15-21(25)28-18-22(8-4,16-26-19(23)6-2)17-27-20(24)7-3/h6-7H,2-3,5,8-18H2,1,4H3. The molecule has 0 saturated heterocycles. The maximum atomic E-state index is 12.1. The second-order valence-electron chi connectivity index (χ2n) is 7.01. The molecule has 160 valence electrons. The van der Waals surface area contributed by atoms with Gasteiger partial charge in [0.2, 0.25) is 0 Å². The molecule has 28 heavy (non-hydrogen) atoms. The minimum absolute atomic E-state index is 0.00762. The lowest BCUT2D eigenvalue weighted by atomic mass is 9.88. The zero-order chi connectivity index (χ0) is 21.3. The molecule has 0 aliphatic rings. The lowest BCUT2D eigenvalue weighted by molar-refractivity contribution is -0.158. The molecule has 0 N–H and O–H groups in total. The SMILES string of the molecule is C=CC(=O)OCC(CC)(COC(=O)C=C)COC(=O)CCCCCCCCC. The van der Waals surface area contributed by atoms with Crippen molar-refractivity contribution in [3.8, 4) is 0 Å². The van der Waals surface area contributed by atoms with Crippen LogP contribution in [0.15, 0.2) is 25.3 Å². The van der Waals surface area contributed by atoms with Gasteiger partial charge in [-0.15, -0.1) is 0 Å². The maximum absolute atomic E-state index is 12.1. The van der Waals surface area contributed by atoms with Gasteiger partial charge in [-0.2, -0.15) is 0 Å². The molecule has 0 heterocycles. The van der Waals surface area contributed by atoms with Gasteiger partial charge < -0.3 is 14.2 Å². The van der Waals surface area contributed by atoms with Crippen LogP contribution in [0.25, 0.3) is 0 Å². The van der Waals surface area contributed by atoms with Gasteiger partial charge in [0.15, 0.2) is 0 Å². The number of unbranched alkanes of at least 4 members (excludes halogenated alkanes) is 6. The normalized spacial score (nSPS) is 10.8. The summed E-state index contributed by atoms with van der Waals surface area (Å²) in [5.41, 5.74) is -0.798. The van der Waals surface area contributed by atoms with Gasteiger partial charge in [0.1, 0.15) is 19.8 Å². The Labute approximate surface area is 169 Å². The Kier molecular flexibility index (Phi) is 14.7. The zero-order valence-corrected chi connectivity index (χ0v) is 17.5. The molecule has 0 aromatic heterocycles. The monoisotopic (exact) mass is 396 g/mol. The molecule has 0 bridgehead atoms. The van der Waals surface area contributed by atoms with Crippen molar-refractivity contribution in [2.75, 3.05) is 19.8 Å². The molecule has 6 heteroatoms. The molecule has 0 aliphatic carbocycles. The summed E-state index contributed by atoms with van der Waals surface area (Å²) in [5.74, 6) is -1.46. The largest absolute Gasteiger partial charge is 0.465 e. The zero-order valence-electron chi connectivity index (χ0n) is 17.5. The van der Waals surface area contributed by atoms with E-state index in [4.69, 9.17) is 14.2 Å². The second-order valence-corrected chi connectivity index (χ2v) is 7.01. The summed E-state index contributed by atoms with van der Waals surface area (Å²) in [5, 5.41) is 0. The van der Waals surface area contributed by atoms with Crippen molar-refractivity contribution in [1.29, 1.82) is 0 Å². The second kappa shape index (κ2) is 15.9. The van der Waals surface area contributed by atoms with Crippen LogP contribution in [0.4, 0.5) is 0 Å². The Morgan fingerprint density at radius 1 is 0.750 bits per heavy atom. The summed E-state index contributed by atoms with van der Waals surface area (Å²) >= 11 is 0. The first-order valence-corrected chi connectivity index (χ1v) is 10.2. The number of carbonyl (C=O) groups is 3. The summed E-state index contributed by atoms with van der Waals surface area (Å²) in [7, 11) is 0. The molecule has 0 fully saturated rings. The summed E-state index contributed by atoms with van der Waals surface area (Å²) in [6.07, 6.45) is 10.8. The topological polar surface area (TPSA) is 78.9 Å². The Bertz CT molecular complexity index is 473. The molecular formula is C22H36O6. The molecule has 0 saturated carbocycles. The molecular weight excluding hydrogens is 360 g/mol. The van der Waals surface area contributed by atoms with Crippen LogP contribution in [0.1, 0.15) is 71.6 Å². The smallest absolute Gasteiger partial charge is 0.330 e. The summed E-state index contributed by atoms with van der Waals surface area (Å²) < 4.78 is 15.7. The number of hydrogen-bond acceptors (Lipinski definition) is 6. The molecule has 0 atom stereocenters. The van der Waals surface area contributed by atoms with E-state index < -0.39 is 17.4 Å². The Morgan fingerprint density at radius 2 is 1.21 bits per heavy atom. The summed E-state index contributed by atoms with van der Waals surface area (Å²) in [6.45, 7) is 10.7. The van der Waals surface area contributed by atoms with Crippen molar-refractivity contribution >= 4 is 17.9 Å². The molecule has 0 unspecified atom stereocenters. The molecule has 0 aromatic carbocycles.